The zero-order valence-corrected chi connectivity index (χ0v) is 14.9. The Morgan fingerprint density at radius 3 is 2.62 bits per heavy atom. The molecule has 0 amide bonds. The van der Waals surface area contributed by atoms with Gasteiger partial charge in [0.2, 0.25) is 10.0 Å². The smallest absolute Gasteiger partial charge is 0.243 e. The Labute approximate surface area is 144 Å². The molecule has 3 fully saturated rings. The van der Waals surface area contributed by atoms with Crippen LogP contribution in [0.25, 0.3) is 0 Å². The highest BCUT2D eigenvalue weighted by atomic mass is 32.2. The Morgan fingerprint density at radius 1 is 1.25 bits per heavy atom. The summed E-state index contributed by atoms with van der Waals surface area (Å²) in [6.45, 7) is 2.48. The summed E-state index contributed by atoms with van der Waals surface area (Å²) in [4.78, 5) is 0.402. The Bertz CT molecular complexity index is 707. The van der Waals surface area contributed by atoms with E-state index in [0.717, 1.165) is 44.5 Å². The van der Waals surface area contributed by atoms with Gasteiger partial charge in [0.05, 0.1) is 11.5 Å². The fraction of sp³-hybridized carbons (Fsp3) is 0.667. The number of hydrogen-bond acceptors (Lipinski definition) is 4. The normalized spacial score (nSPS) is 27.1. The quantitative estimate of drug-likeness (QED) is 0.817. The lowest BCUT2D eigenvalue weighted by Crippen LogP contribution is -2.68. The van der Waals surface area contributed by atoms with Gasteiger partial charge in [-0.2, -0.15) is 4.31 Å². The third-order valence-electron chi connectivity index (χ3n) is 5.82. The molecule has 24 heavy (non-hydrogen) atoms. The summed E-state index contributed by atoms with van der Waals surface area (Å²) in [5, 5.41) is 0. The third-order valence-corrected chi connectivity index (χ3v) is 7.75. The molecule has 0 N–H and O–H groups in total. The molecule has 0 aromatic heterocycles. The van der Waals surface area contributed by atoms with Gasteiger partial charge in [0.15, 0.2) is 0 Å². The zero-order chi connectivity index (χ0) is 16.8. The first-order valence-electron chi connectivity index (χ1n) is 8.75. The van der Waals surface area contributed by atoms with E-state index < -0.39 is 10.0 Å². The van der Waals surface area contributed by atoms with Crippen LogP contribution in [-0.2, 0) is 26.1 Å². The van der Waals surface area contributed by atoms with E-state index in [-0.39, 0.29) is 11.5 Å². The summed E-state index contributed by atoms with van der Waals surface area (Å²) in [5.41, 5.74) is 0.880. The highest BCUT2D eigenvalue weighted by Gasteiger charge is 2.61. The van der Waals surface area contributed by atoms with Gasteiger partial charge in [-0.3, -0.25) is 0 Å². The van der Waals surface area contributed by atoms with Crippen LogP contribution >= 0.6 is 0 Å². The van der Waals surface area contributed by atoms with Crippen molar-refractivity contribution in [3.05, 3.63) is 29.8 Å². The van der Waals surface area contributed by atoms with Crippen molar-refractivity contribution < 1.29 is 17.9 Å². The van der Waals surface area contributed by atoms with Crippen LogP contribution in [0, 0.1) is 11.3 Å². The van der Waals surface area contributed by atoms with Gasteiger partial charge in [-0.25, -0.2) is 8.42 Å². The highest BCUT2D eigenvalue weighted by Crippen LogP contribution is 2.56. The molecule has 1 spiro atoms. The van der Waals surface area contributed by atoms with Crippen LogP contribution in [-0.4, -0.2) is 45.6 Å². The largest absolute Gasteiger partial charge is 0.381 e. The van der Waals surface area contributed by atoms with E-state index in [0.29, 0.717) is 24.0 Å². The summed E-state index contributed by atoms with van der Waals surface area (Å²) in [6.07, 6.45) is 4.28. The van der Waals surface area contributed by atoms with Crippen molar-refractivity contribution in [2.45, 2.75) is 43.2 Å². The predicted molar refractivity (Wildman–Crippen MR) is 90.0 cm³/mol. The molecule has 1 aromatic rings. The number of sulfonamides is 1. The van der Waals surface area contributed by atoms with Gasteiger partial charge in [-0.15, -0.1) is 0 Å². The second kappa shape index (κ2) is 6.09. The van der Waals surface area contributed by atoms with Crippen molar-refractivity contribution in [2.75, 3.05) is 26.9 Å². The molecule has 1 aliphatic carbocycles. The highest BCUT2D eigenvalue weighted by molar-refractivity contribution is 7.89. The van der Waals surface area contributed by atoms with Crippen LogP contribution in [0.1, 0.15) is 31.2 Å². The van der Waals surface area contributed by atoms with Crippen molar-refractivity contribution in [2.24, 2.45) is 11.3 Å². The molecule has 0 bridgehead atoms. The third kappa shape index (κ3) is 2.60. The van der Waals surface area contributed by atoms with Crippen LogP contribution in [0.4, 0.5) is 0 Å². The average molecular weight is 351 g/mol. The Balaban J connectivity index is 1.65. The summed E-state index contributed by atoms with van der Waals surface area (Å²) in [7, 11) is -1.88. The fourth-order valence-electron chi connectivity index (χ4n) is 4.47. The molecule has 2 heterocycles. The number of ether oxygens (including phenoxy) is 2. The number of methoxy groups -OCH3 is 1. The van der Waals surface area contributed by atoms with E-state index in [1.165, 1.54) is 0 Å². The lowest BCUT2D eigenvalue weighted by atomic mass is 9.66. The molecule has 4 rings (SSSR count). The Kier molecular flexibility index (Phi) is 4.19. The van der Waals surface area contributed by atoms with E-state index in [2.05, 4.69) is 0 Å². The molecular weight excluding hydrogens is 326 g/mol. The van der Waals surface area contributed by atoms with Gasteiger partial charge < -0.3 is 9.47 Å². The summed E-state index contributed by atoms with van der Waals surface area (Å²) < 4.78 is 39.1. The lowest BCUT2D eigenvalue weighted by Gasteiger charge is -2.58. The molecule has 132 valence electrons. The number of rotatable bonds is 5. The maximum Gasteiger partial charge on any atom is 0.243 e. The first kappa shape index (κ1) is 16.5. The molecule has 0 radical (unpaired) electrons. The van der Waals surface area contributed by atoms with Gasteiger partial charge in [-0.1, -0.05) is 18.2 Å². The summed E-state index contributed by atoms with van der Waals surface area (Å²) in [5.74, 6) is 0.529. The monoisotopic (exact) mass is 351 g/mol. The van der Waals surface area contributed by atoms with Gasteiger partial charge >= 0.3 is 0 Å². The van der Waals surface area contributed by atoms with Crippen LogP contribution in [0.5, 0.6) is 0 Å². The Morgan fingerprint density at radius 2 is 1.96 bits per heavy atom. The maximum absolute atomic E-state index is 13.3. The molecule has 1 unspecified atom stereocenters. The van der Waals surface area contributed by atoms with E-state index in [4.69, 9.17) is 9.47 Å². The van der Waals surface area contributed by atoms with E-state index >= 15 is 0 Å². The fourth-order valence-corrected chi connectivity index (χ4v) is 6.55. The molecule has 1 saturated carbocycles. The van der Waals surface area contributed by atoms with Crippen LogP contribution in [0.15, 0.2) is 29.2 Å². The topological polar surface area (TPSA) is 55.8 Å². The molecule has 5 nitrogen and oxygen atoms in total. The number of nitrogens with zero attached hydrogens (tertiary/aromatic N) is 1. The zero-order valence-electron chi connectivity index (χ0n) is 14.1. The average Bonchev–Trinajstić information content (AvgIpc) is 3.39. The molecule has 6 heteroatoms. The minimum Gasteiger partial charge on any atom is -0.381 e. The van der Waals surface area contributed by atoms with Gasteiger partial charge in [0.1, 0.15) is 0 Å². The van der Waals surface area contributed by atoms with Crippen LogP contribution in [0.2, 0.25) is 0 Å². The molecular formula is C18H25NO4S. The van der Waals surface area contributed by atoms with E-state index in [1.807, 2.05) is 12.1 Å². The van der Waals surface area contributed by atoms with Crippen molar-refractivity contribution in [3.63, 3.8) is 0 Å². The molecule has 1 aromatic carbocycles. The van der Waals surface area contributed by atoms with Crippen LogP contribution in [0.3, 0.4) is 0 Å². The maximum atomic E-state index is 13.3. The van der Waals surface area contributed by atoms with Crippen molar-refractivity contribution in [1.29, 1.82) is 0 Å². The van der Waals surface area contributed by atoms with E-state index in [1.54, 1.807) is 23.5 Å². The van der Waals surface area contributed by atoms with Crippen molar-refractivity contribution in [3.8, 4) is 0 Å². The predicted octanol–water partition coefficient (Wildman–Crippen LogP) is 2.41. The van der Waals surface area contributed by atoms with Gasteiger partial charge in [0, 0.05) is 38.3 Å². The number of benzene rings is 1. The van der Waals surface area contributed by atoms with Gasteiger partial charge in [0.25, 0.3) is 0 Å². The van der Waals surface area contributed by atoms with Gasteiger partial charge in [-0.05, 0) is 43.2 Å². The summed E-state index contributed by atoms with van der Waals surface area (Å²) in [6, 6.07) is 7.36. The van der Waals surface area contributed by atoms with E-state index in [9.17, 15) is 8.42 Å². The molecule has 2 aliphatic heterocycles. The SMILES string of the molecule is COCc1ccccc1S(=O)(=O)N1CC2(CCOCC2)C1C1CC1. The number of hydrogen-bond donors (Lipinski definition) is 0. The molecule has 2 saturated heterocycles. The molecule has 1 atom stereocenters. The minimum atomic E-state index is -3.47. The second-order valence-electron chi connectivity index (χ2n) is 7.35. The lowest BCUT2D eigenvalue weighted by molar-refractivity contribution is -0.101. The van der Waals surface area contributed by atoms with Crippen molar-refractivity contribution >= 4 is 10.0 Å². The minimum absolute atomic E-state index is 0.142. The first-order chi connectivity index (χ1) is 11.6. The first-order valence-corrected chi connectivity index (χ1v) is 10.2. The van der Waals surface area contributed by atoms with Crippen molar-refractivity contribution in [1.82, 2.24) is 4.31 Å². The summed E-state index contributed by atoms with van der Waals surface area (Å²) >= 11 is 0. The second-order valence-corrected chi connectivity index (χ2v) is 9.21. The molecule has 3 aliphatic rings. The van der Waals surface area contributed by atoms with Crippen LogP contribution < -0.4 is 0 Å². The Hall–Kier alpha value is -0.950. The standard InChI is InChI=1S/C18H25NO4S/c1-22-12-15-4-2-3-5-16(15)24(20,21)19-13-18(8-10-23-11-9-18)17(19)14-6-7-14/h2-5,14,17H,6-13H2,1H3.